The van der Waals surface area contributed by atoms with Gasteiger partial charge in [-0.05, 0) is 71.9 Å². The normalized spacial score (nSPS) is 13.5. The number of rotatable bonds is 6. The zero-order valence-corrected chi connectivity index (χ0v) is 17.1. The second-order valence-electron chi connectivity index (χ2n) is 7.23. The Balaban J connectivity index is 1.72. The van der Waals surface area contributed by atoms with Crippen molar-refractivity contribution in [2.24, 2.45) is 0 Å². The van der Waals surface area contributed by atoms with E-state index in [0.29, 0.717) is 28.5 Å². The minimum absolute atomic E-state index is 0.199. The number of carbonyl (C=O) groups is 1. The topological polar surface area (TPSA) is 59.4 Å². The molecule has 0 unspecified atom stereocenters. The Morgan fingerprint density at radius 3 is 2.55 bits per heavy atom. The molecule has 4 nitrogen and oxygen atoms in total. The van der Waals surface area contributed by atoms with Crippen molar-refractivity contribution >= 4 is 28.7 Å². The van der Waals surface area contributed by atoms with E-state index in [2.05, 4.69) is 4.98 Å². The molecule has 158 valence electrons. The first kappa shape index (κ1) is 21.0. The SMILES string of the molecule is O=C(O)c1cc(C2=C(c3cc(Cl)cnc3OCc3ccc(F)cc3)CCC2)ccc1F. The highest BCUT2D eigenvalue weighted by atomic mass is 35.5. The van der Waals surface area contributed by atoms with Crippen molar-refractivity contribution in [1.82, 2.24) is 4.98 Å². The van der Waals surface area contributed by atoms with Crippen LogP contribution in [0.5, 0.6) is 5.88 Å². The lowest BCUT2D eigenvalue weighted by Crippen LogP contribution is -2.02. The summed E-state index contributed by atoms with van der Waals surface area (Å²) in [7, 11) is 0. The van der Waals surface area contributed by atoms with Gasteiger partial charge in [-0.1, -0.05) is 29.8 Å². The van der Waals surface area contributed by atoms with Gasteiger partial charge in [0.1, 0.15) is 18.2 Å². The van der Waals surface area contributed by atoms with Crippen LogP contribution in [0.4, 0.5) is 8.78 Å². The Bertz CT molecular complexity index is 1180. The number of halogens is 3. The number of allylic oxidation sites excluding steroid dienone is 2. The first-order valence-corrected chi connectivity index (χ1v) is 10.1. The molecule has 0 bridgehead atoms. The van der Waals surface area contributed by atoms with E-state index in [0.717, 1.165) is 29.6 Å². The number of carboxylic acids is 1. The van der Waals surface area contributed by atoms with E-state index in [1.165, 1.54) is 30.5 Å². The predicted octanol–water partition coefficient (Wildman–Crippen LogP) is 6.39. The molecule has 1 heterocycles. The van der Waals surface area contributed by atoms with Crippen LogP contribution in [-0.2, 0) is 6.61 Å². The number of hydrogen-bond acceptors (Lipinski definition) is 3. The van der Waals surface area contributed by atoms with Crippen molar-refractivity contribution in [1.29, 1.82) is 0 Å². The maximum Gasteiger partial charge on any atom is 0.338 e. The van der Waals surface area contributed by atoms with Crippen molar-refractivity contribution in [3.63, 3.8) is 0 Å². The Kier molecular flexibility index (Phi) is 6.00. The lowest BCUT2D eigenvalue weighted by Gasteiger charge is -2.14. The van der Waals surface area contributed by atoms with Gasteiger partial charge in [-0.3, -0.25) is 0 Å². The van der Waals surface area contributed by atoms with Crippen molar-refractivity contribution in [2.75, 3.05) is 0 Å². The summed E-state index contributed by atoms with van der Waals surface area (Å²) in [4.78, 5) is 15.7. The van der Waals surface area contributed by atoms with Gasteiger partial charge in [0.25, 0.3) is 0 Å². The third kappa shape index (κ3) is 4.59. The average molecular weight is 442 g/mol. The monoisotopic (exact) mass is 441 g/mol. The fraction of sp³-hybridized carbons (Fsp3) is 0.167. The number of aromatic carboxylic acids is 1. The summed E-state index contributed by atoms with van der Waals surface area (Å²) < 4.78 is 32.9. The molecule has 0 fully saturated rings. The number of ether oxygens (including phenoxy) is 1. The molecule has 2 aromatic carbocycles. The Morgan fingerprint density at radius 2 is 1.81 bits per heavy atom. The van der Waals surface area contributed by atoms with E-state index < -0.39 is 11.8 Å². The van der Waals surface area contributed by atoms with Gasteiger partial charge in [0, 0.05) is 11.8 Å². The minimum atomic E-state index is -1.31. The predicted molar refractivity (Wildman–Crippen MR) is 114 cm³/mol. The highest BCUT2D eigenvalue weighted by Crippen LogP contribution is 2.43. The van der Waals surface area contributed by atoms with E-state index in [1.54, 1.807) is 24.3 Å². The summed E-state index contributed by atoms with van der Waals surface area (Å²) in [5.41, 5.74) is 3.63. The lowest BCUT2D eigenvalue weighted by atomic mass is 9.96. The fourth-order valence-electron chi connectivity index (χ4n) is 3.73. The third-order valence-electron chi connectivity index (χ3n) is 5.19. The summed E-state index contributed by atoms with van der Waals surface area (Å²) in [6, 6.07) is 11.9. The number of carboxylic acid groups (broad SMARTS) is 1. The summed E-state index contributed by atoms with van der Waals surface area (Å²) in [5.74, 6) is -2.03. The van der Waals surface area contributed by atoms with E-state index in [1.807, 2.05) is 0 Å². The van der Waals surface area contributed by atoms with Gasteiger partial charge in [-0.25, -0.2) is 18.6 Å². The number of hydrogen-bond donors (Lipinski definition) is 1. The third-order valence-corrected chi connectivity index (χ3v) is 5.40. The van der Waals surface area contributed by atoms with Gasteiger partial charge >= 0.3 is 5.97 Å². The van der Waals surface area contributed by atoms with Crippen LogP contribution in [0.3, 0.4) is 0 Å². The fourth-order valence-corrected chi connectivity index (χ4v) is 3.88. The van der Waals surface area contributed by atoms with E-state index >= 15 is 0 Å². The molecule has 0 spiro atoms. The molecule has 0 saturated heterocycles. The zero-order valence-electron chi connectivity index (χ0n) is 16.4. The maximum atomic E-state index is 13.9. The van der Waals surface area contributed by atoms with Crippen LogP contribution in [0.1, 0.15) is 46.3 Å². The zero-order chi connectivity index (χ0) is 22.0. The summed E-state index contributed by atoms with van der Waals surface area (Å²) >= 11 is 6.20. The molecule has 4 rings (SSSR count). The molecule has 0 amide bonds. The van der Waals surface area contributed by atoms with E-state index in [-0.39, 0.29) is 18.0 Å². The molecule has 31 heavy (non-hydrogen) atoms. The van der Waals surface area contributed by atoms with Crippen LogP contribution in [0.15, 0.2) is 54.7 Å². The number of pyridine rings is 1. The molecule has 1 aliphatic carbocycles. The molecule has 7 heteroatoms. The van der Waals surface area contributed by atoms with Gasteiger partial charge in [-0.15, -0.1) is 0 Å². The van der Waals surface area contributed by atoms with Crippen LogP contribution >= 0.6 is 11.6 Å². The van der Waals surface area contributed by atoms with Crippen LogP contribution in [-0.4, -0.2) is 16.1 Å². The van der Waals surface area contributed by atoms with Gasteiger partial charge in [-0.2, -0.15) is 0 Å². The van der Waals surface area contributed by atoms with Crippen molar-refractivity contribution in [2.45, 2.75) is 25.9 Å². The molecule has 0 radical (unpaired) electrons. The molecule has 1 N–H and O–H groups in total. The summed E-state index contributed by atoms with van der Waals surface area (Å²) in [6.45, 7) is 0.199. The summed E-state index contributed by atoms with van der Waals surface area (Å²) in [6.07, 6.45) is 3.78. The molecular formula is C24H18ClF2NO3. The molecule has 1 aromatic heterocycles. The quantitative estimate of drug-likeness (QED) is 0.481. The Hall–Kier alpha value is -3.25. The van der Waals surface area contributed by atoms with E-state index in [4.69, 9.17) is 16.3 Å². The van der Waals surface area contributed by atoms with Gasteiger partial charge in [0.15, 0.2) is 0 Å². The highest BCUT2D eigenvalue weighted by molar-refractivity contribution is 6.30. The van der Waals surface area contributed by atoms with Crippen LogP contribution in [0.2, 0.25) is 5.02 Å². The van der Waals surface area contributed by atoms with Gasteiger partial charge in [0.2, 0.25) is 5.88 Å². The number of benzene rings is 2. The molecular weight excluding hydrogens is 424 g/mol. The smallest absolute Gasteiger partial charge is 0.338 e. The molecule has 3 aromatic rings. The number of nitrogens with zero attached hydrogens (tertiary/aromatic N) is 1. The lowest BCUT2D eigenvalue weighted by molar-refractivity contribution is 0.0692. The second-order valence-corrected chi connectivity index (χ2v) is 7.67. The minimum Gasteiger partial charge on any atom is -0.478 e. The number of aromatic nitrogens is 1. The largest absolute Gasteiger partial charge is 0.478 e. The van der Waals surface area contributed by atoms with Crippen molar-refractivity contribution in [3.8, 4) is 5.88 Å². The maximum absolute atomic E-state index is 13.9. The molecule has 0 atom stereocenters. The average Bonchev–Trinajstić information content (AvgIpc) is 3.24. The molecule has 0 saturated carbocycles. The first-order chi connectivity index (χ1) is 14.9. The van der Waals surface area contributed by atoms with Crippen molar-refractivity contribution < 1.29 is 23.4 Å². The standard InChI is InChI=1S/C24H18ClF2NO3/c25-16-11-20(23(28-12-16)31-13-14-4-7-17(26)8-5-14)19-3-1-2-18(19)15-6-9-22(27)21(10-15)24(29)30/h4-12H,1-3,13H2,(H,29,30). The molecule has 1 aliphatic rings. The van der Waals surface area contributed by atoms with Crippen LogP contribution in [0.25, 0.3) is 11.1 Å². The van der Waals surface area contributed by atoms with Gasteiger partial charge in [0.05, 0.1) is 10.6 Å². The summed E-state index contributed by atoms with van der Waals surface area (Å²) in [5, 5.41) is 9.70. The van der Waals surface area contributed by atoms with Crippen LogP contribution < -0.4 is 4.74 Å². The van der Waals surface area contributed by atoms with Crippen molar-refractivity contribution in [3.05, 3.63) is 93.6 Å². The highest BCUT2D eigenvalue weighted by Gasteiger charge is 2.23. The molecule has 0 aliphatic heterocycles. The first-order valence-electron chi connectivity index (χ1n) is 9.71. The Morgan fingerprint density at radius 1 is 1.06 bits per heavy atom. The Labute approximate surface area is 182 Å². The second kappa shape index (κ2) is 8.86. The van der Waals surface area contributed by atoms with E-state index in [9.17, 15) is 18.7 Å². The van der Waals surface area contributed by atoms with Gasteiger partial charge < -0.3 is 9.84 Å². The van der Waals surface area contributed by atoms with Crippen LogP contribution in [0, 0.1) is 11.6 Å².